The zero-order valence-electron chi connectivity index (χ0n) is 18.7. The first-order chi connectivity index (χ1) is 17.1. The largest absolute Gasteiger partial charge is 0.507 e. The molecule has 1 aliphatic carbocycles. The van der Waals surface area contributed by atoms with Crippen LogP contribution < -0.4 is 0 Å². The molecule has 4 heterocycles. The van der Waals surface area contributed by atoms with E-state index in [1.807, 2.05) is 12.1 Å². The molecule has 176 valence electrons. The molecule has 2 saturated heterocycles. The summed E-state index contributed by atoms with van der Waals surface area (Å²) in [6, 6.07) is 18.7. The highest BCUT2D eigenvalue weighted by Crippen LogP contribution is 2.51. The molecule has 0 spiro atoms. The Morgan fingerprint density at radius 1 is 0.971 bits per heavy atom. The maximum absolute atomic E-state index is 13.5. The fourth-order valence-corrected chi connectivity index (χ4v) is 6.67. The molecule has 4 aliphatic rings. The third-order valence-corrected chi connectivity index (χ3v) is 8.21. The second-order valence-corrected chi connectivity index (χ2v) is 9.96. The van der Waals surface area contributed by atoms with E-state index in [2.05, 4.69) is 52.9 Å². The highest BCUT2D eigenvalue weighted by molar-refractivity contribution is 7.14. The SMILES string of the molecule is O=C1C2=C(O)C(O)C=CN2N([C@@H]2c3ccccc3-c3ccsc3-c3ccccc32)C2COCCN12. The number of hydrazine groups is 1. The van der Waals surface area contributed by atoms with Gasteiger partial charge in [0.1, 0.15) is 12.3 Å². The molecule has 1 aromatic heterocycles. The summed E-state index contributed by atoms with van der Waals surface area (Å²) >= 11 is 1.72. The third kappa shape index (κ3) is 2.91. The van der Waals surface area contributed by atoms with E-state index >= 15 is 0 Å². The van der Waals surface area contributed by atoms with E-state index in [0.717, 1.165) is 22.3 Å². The van der Waals surface area contributed by atoms with Crippen molar-refractivity contribution in [1.82, 2.24) is 14.9 Å². The van der Waals surface area contributed by atoms with Gasteiger partial charge >= 0.3 is 0 Å². The molecule has 2 fully saturated rings. The monoisotopic (exact) mass is 485 g/mol. The van der Waals surface area contributed by atoms with Crippen molar-refractivity contribution in [1.29, 1.82) is 0 Å². The van der Waals surface area contributed by atoms with Gasteiger partial charge in [-0.25, -0.2) is 0 Å². The highest BCUT2D eigenvalue weighted by Gasteiger charge is 2.50. The number of carbonyl (C=O) groups excluding carboxylic acids is 1. The number of rotatable bonds is 1. The zero-order valence-corrected chi connectivity index (χ0v) is 19.6. The van der Waals surface area contributed by atoms with Crippen molar-refractivity contribution in [2.75, 3.05) is 19.8 Å². The van der Waals surface area contributed by atoms with Gasteiger partial charge in [0.05, 0.1) is 19.3 Å². The molecule has 0 bridgehead atoms. The lowest BCUT2D eigenvalue weighted by Crippen LogP contribution is -2.67. The Morgan fingerprint density at radius 2 is 1.71 bits per heavy atom. The first-order valence-corrected chi connectivity index (χ1v) is 12.5. The predicted octanol–water partition coefficient (Wildman–Crippen LogP) is 3.86. The maximum Gasteiger partial charge on any atom is 0.277 e. The van der Waals surface area contributed by atoms with Crippen molar-refractivity contribution in [3.8, 4) is 21.6 Å². The molecule has 0 saturated carbocycles. The molecular weight excluding hydrogens is 462 g/mol. The standard InChI is InChI=1S/C27H23N3O4S/c31-21-9-11-29-24(25(21)32)27(33)28-12-13-34-15-22(28)30(29)23-17-6-2-1-5-16(17)20-10-14-35-26(20)19-8-4-3-7-18(19)23/h1-11,14,21-23,31-32H,12-13,15H2/t21?,22?,23-/m1/s1. The van der Waals surface area contributed by atoms with Crippen molar-refractivity contribution in [2.45, 2.75) is 18.3 Å². The summed E-state index contributed by atoms with van der Waals surface area (Å²) in [7, 11) is 0. The first kappa shape index (κ1) is 20.9. The van der Waals surface area contributed by atoms with E-state index in [-0.39, 0.29) is 29.6 Å². The fraction of sp³-hybridized carbons (Fsp3) is 0.222. The van der Waals surface area contributed by atoms with Crippen LogP contribution in [0.2, 0.25) is 0 Å². The number of aliphatic hydroxyl groups excluding tert-OH is 2. The van der Waals surface area contributed by atoms with E-state index in [9.17, 15) is 15.0 Å². The summed E-state index contributed by atoms with van der Waals surface area (Å²) in [5.41, 5.74) is 5.78. The van der Waals surface area contributed by atoms with Crippen molar-refractivity contribution in [2.24, 2.45) is 0 Å². The average molecular weight is 486 g/mol. The number of nitrogens with zero attached hydrogens (tertiary/aromatic N) is 3. The summed E-state index contributed by atoms with van der Waals surface area (Å²) in [6.07, 6.45) is 1.60. The van der Waals surface area contributed by atoms with Gasteiger partial charge in [0.25, 0.3) is 5.91 Å². The van der Waals surface area contributed by atoms with E-state index in [1.54, 1.807) is 27.4 Å². The fourth-order valence-electron chi connectivity index (χ4n) is 5.71. The second kappa shape index (κ2) is 7.79. The van der Waals surface area contributed by atoms with Gasteiger partial charge in [-0.3, -0.25) is 9.80 Å². The van der Waals surface area contributed by atoms with E-state index in [0.29, 0.717) is 19.8 Å². The summed E-state index contributed by atoms with van der Waals surface area (Å²) in [5.74, 6) is -0.633. The Hall–Kier alpha value is -3.43. The smallest absolute Gasteiger partial charge is 0.277 e. The van der Waals surface area contributed by atoms with Gasteiger partial charge < -0.3 is 19.8 Å². The minimum atomic E-state index is -1.22. The van der Waals surface area contributed by atoms with Crippen LogP contribution in [0.5, 0.6) is 0 Å². The molecular formula is C27H23N3O4S. The normalized spacial score (nSPS) is 25.4. The summed E-state index contributed by atoms with van der Waals surface area (Å²) in [6.45, 7) is 1.18. The van der Waals surface area contributed by atoms with Crippen LogP contribution in [0.4, 0.5) is 0 Å². The van der Waals surface area contributed by atoms with Crippen LogP contribution in [0.1, 0.15) is 17.2 Å². The number of amides is 1. The van der Waals surface area contributed by atoms with E-state index in [1.165, 1.54) is 16.5 Å². The molecule has 2 N–H and O–H groups in total. The zero-order chi connectivity index (χ0) is 23.7. The summed E-state index contributed by atoms with van der Waals surface area (Å²) in [5, 5.41) is 27.2. The number of thiophene rings is 1. The molecule has 7 nitrogen and oxygen atoms in total. The summed E-state index contributed by atoms with van der Waals surface area (Å²) < 4.78 is 5.88. The Kier molecular flexibility index (Phi) is 4.65. The van der Waals surface area contributed by atoms with Crippen molar-refractivity contribution >= 4 is 17.2 Å². The van der Waals surface area contributed by atoms with Gasteiger partial charge in [-0.15, -0.1) is 11.3 Å². The van der Waals surface area contributed by atoms with Gasteiger partial charge in [0, 0.05) is 23.2 Å². The molecule has 1 amide bonds. The topological polar surface area (TPSA) is 76.5 Å². The Bertz CT molecular complexity index is 1350. The highest BCUT2D eigenvalue weighted by atomic mass is 32.1. The number of fused-ring (bicyclic) bond motifs is 7. The van der Waals surface area contributed by atoms with E-state index < -0.39 is 6.10 Å². The van der Waals surface area contributed by atoms with Crippen LogP contribution in [0.25, 0.3) is 21.6 Å². The predicted molar refractivity (Wildman–Crippen MR) is 132 cm³/mol. The first-order valence-electron chi connectivity index (χ1n) is 11.7. The number of morpholine rings is 1. The van der Waals surface area contributed by atoms with Gasteiger partial charge in [0.15, 0.2) is 11.5 Å². The Labute approximate surface area is 206 Å². The molecule has 2 aromatic carbocycles. The van der Waals surface area contributed by atoms with Gasteiger partial charge in [-0.05, 0) is 39.8 Å². The van der Waals surface area contributed by atoms with Crippen LogP contribution in [0.3, 0.4) is 0 Å². The lowest BCUT2D eigenvalue weighted by Gasteiger charge is -2.55. The van der Waals surface area contributed by atoms with Crippen LogP contribution in [-0.2, 0) is 9.53 Å². The second-order valence-electron chi connectivity index (χ2n) is 9.04. The van der Waals surface area contributed by atoms with Gasteiger partial charge in [-0.1, -0.05) is 48.5 Å². The Morgan fingerprint density at radius 3 is 2.54 bits per heavy atom. The molecule has 7 rings (SSSR count). The molecule has 3 aliphatic heterocycles. The number of hydrogen-bond donors (Lipinski definition) is 2. The number of ether oxygens (including phenoxy) is 1. The van der Waals surface area contributed by atoms with Crippen LogP contribution >= 0.6 is 11.3 Å². The van der Waals surface area contributed by atoms with Crippen molar-refractivity contribution in [3.63, 3.8) is 0 Å². The van der Waals surface area contributed by atoms with Crippen LogP contribution in [-0.4, -0.2) is 63.1 Å². The maximum atomic E-state index is 13.5. The molecule has 35 heavy (non-hydrogen) atoms. The summed E-state index contributed by atoms with van der Waals surface area (Å²) in [4.78, 5) is 16.5. The molecule has 3 atom stereocenters. The number of benzene rings is 2. The molecule has 3 aromatic rings. The van der Waals surface area contributed by atoms with Crippen LogP contribution in [0.15, 0.2) is 83.7 Å². The minimum absolute atomic E-state index is 0.0899. The van der Waals surface area contributed by atoms with E-state index in [4.69, 9.17) is 4.74 Å². The number of aliphatic hydroxyl groups is 2. The average Bonchev–Trinajstić information content (AvgIpc) is 3.34. The lowest BCUT2D eigenvalue weighted by molar-refractivity contribution is -0.190. The Balaban J connectivity index is 1.52. The van der Waals surface area contributed by atoms with Crippen molar-refractivity contribution in [3.05, 3.63) is 94.8 Å². The minimum Gasteiger partial charge on any atom is -0.507 e. The van der Waals surface area contributed by atoms with Crippen molar-refractivity contribution < 1.29 is 19.7 Å². The van der Waals surface area contributed by atoms with Gasteiger partial charge in [0.2, 0.25) is 0 Å². The molecule has 8 heteroatoms. The van der Waals surface area contributed by atoms with Crippen LogP contribution in [0, 0.1) is 0 Å². The number of hydrogen-bond acceptors (Lipinski definition) is 7. The van der Waals surface area contributed by atoms with Gasteiger partial charge in [-0.2, -0.15) is 5.01 Å². The lowest BCUT2D eigenvalue weighted by atomic mass is 9.92. The third-order valence-electron chi connectivity index (χ3n) is 7.26. The quantitative estimate of drug-likeness (QED) is 0.545. The molecule has 2 unspecified atom stereocenters. The number of carbonyl (C=O) groups is 1. The molecule has 0 radical (unpaired) electrons.